The summed E-state index contributed by atoms with van der Waals surface area (Å²) in [5.74, 6) is -0.416. The molecule has 0 aliphatic carbocycles. The Bertz CT molecular complexity index is 1640. The van der Waals surface area contributed by atoms with Gasteiger partial charge < -0.3 is 25.4 Å². The van der Waals surface area contributed by atoms with Crippen LogP contribution < -0.4 is 20.5 Å². The summed E-state index contributed by atoms with van der Waals surface area (Å²) >= 11 is 7.56. The number of anilines is 1. The Morgan fingerprint density at radius 3 is 2.69 bits per heavy atom. The van der Waals surface area contributed by atoms with Gasteiger partial charge >= 0.3 is 0 Å². The van der Waals surface area contributed by atoms with Crippen molar-refractivity contribution in [1.82, 2.24) is 14.9 Å². The SMILES string of the molecule is COc1cnc(O[C@@H]2C[C@@H](C(N)=O)N(C(=O)[C@@H](Nc3nc(-c4cccc(F)c4)cs3)C(C)(C)C)C2)c2cc(Cl)ccc12. The predicted molar refractivity (Wildman–Crippen MR) is 161 cm³/mol. The van der Waals surface area contributed by atoms with Crippen LogP contribution in [0.1, 0.15) is 27.2 Å². The van der Waals surface area contributed by atoms with E-state index in [1.165, 1.54) is 28.4 Å². The molecule has 0 spiro atoms. The fraction of sp³-hybridized carbons (Fsp3) is 0.333. The number of nitrogens with one attached hydrogen (secondary N) is 1. The molecule has 2 aromatic carbocycles. The van der Waals surface area contributed by atoms with Gasteiger partial charge in [0.1, 0.15) is 29.8 Å². The van der Waals surface area contributed by atoms with Gasteiger partial charge in [0, 0.05) is 33.2 Å². The number of fused-ring (bicyclic) bond motifs is 1. The summed E-state index contributed by atoms with van der Waals surface area (Å²) in [4.78, 5) is 37.1. The highest BCUT2D eigenvalue weighted by Crippen LogP contribution is 2.36. The van der Waals surface area contributed by atoms with Gasteiger partial charge in [0.15, 0.2) is 5.13 Å². The Morgan fingerprint density at radius 2 is 2.00 bits per heavy atom. The van der Waals surface area contributed by atoms with E-state index in [1.54, 1.807) is 43.0 Å². The number of thiazole rings is 1. The minimum atomic E-state index is -0.874. The number of carbonyl (C=O) groups excluding carboxylic acids is 2. The maximum absolute atomic E-state index is 14.0. The first-order chi connectivity index (χ1) is 19.9. The number of likely N-dealkylation sites (tertiary alicyclic amines) is 1. The topological polar surface area (TPSA) is 120 Å². The molecule has 3 N–H and O–H groups in total. The number of benzene rings is 2. The molecule has 42 heavy (non-hydrogen) atoms. The second kappa shape index (κ2) is 11.7. The maximum Gasteiger partial charge on any atom is 0.246 e. The van der Waals surface area contributed by atoms with Gasteiger partial charge in [0.25, 0.3) is 0 Å². The minimum Gasteiger partial charge on any atom is -0.494 e. The molecule has 1 aliphatic rings. The van der Waals surface area contributed by atoms with Gasteiger partial charge in [-0.15, -0.1) is 11.3 Å². The van der Waals surface area contributed by atoms with Crippen LogP contribution in [0.15, 0.2) is 54.0 Å². The van der Waals surface area contributed by atoms with Crippen molar-refractivity contribution in [3.63, 3.8) is 0 Å². The van der Waals surface area contributed by atoms with Gasteiger partial charge in [-0.3, -0.25) is 9.59 Å². The molecule has 2 amide bonds. The maximum atomic E-state index is 14.0. The second-order valence-corrected chi connectivity index (χ2v) is 12.5. The third-order valence-electron chi connectivity index (χ3n) is 7.15. The van der Waals surface area contributed by atoms with Gasteiger partial charge in [-0.2, -0.15) is 0 Å². The number of rotatable bonds is 8. The molecule has 1 saturated heterocycles. The fourth-order valence-corrected chi connectivity index (χ4v) is 5.95. The number of primary amides is 1. The number of hydrogen-bond acceptors (Lipinski definition) is 8. The van der Waals surface area contributed by atoms with Crippen LogP contribution in [0.2, 0.25) is 5.02 Å². The molecule has 0 radical (unpaired) electrons. The molecule has 2 aromatic heterocycles. The molecule has 1 aliphatic heterocycles. The second-order valence-electron chi connectivity index (χ2n) is 11.2. The number of hydrogen-bond donors (Lipinski definition) is 2. The Labute approximate surface area is 251 Å². The Kier molecular flexibility index (Phi) is 8.25. The van der Waals surface area contributed by atoms with Crippen molar-refractivity contribution in [3.8, 4) is 22.9 Å². The number of nitrogens with two attached hydrogens (primary N) is 1. The third kappa shape index (κ3) is 6.12. The van der Waals surface area contributed by atoms with Gasteiger partial charge in [-0.25, -0.2) is 14.4 Å². The third-order valence-corrected chi connectivity index (χ3v) is 8.16. The molecule has 12 heteroatoms. The van der Waals surface area contributed by atoms with Crippen LogP contribution >= 0.6 is 22.9 Å². The lowest BCUT2D eigenvalue weighted by atomic mass is 9.85. The zero-order chi connectivity index (χ0) is 30.2. The van der Waals surface area contributed by atoms with E-state index >= 15 is 0 Å². The molecule has 0 bridgehead atoms. The van der Waals surface area contributed by atoms with E-state index in [1.807, 2.05) is 26.8 Å². The molecule has 0 unspecified atom stereocenters. The average Bonchev–Trinajstić information content (AvgIpc) is 3.59. The van der Waals surface area contributed by atoms with Crippen LogP contribution in [0.3, 0.4) is 0 Å². The lowest BCUT2D eigenvalue weighted by Gasteiger charge is -2.34. The van der Waals surface area contributed by atoms with Crippen LogP contribution in [0.5, 0.6) is 11.6 Å². The summed E-state index contributed by atoms with van der Waals surface area (Å²) in [5.41, 5.74) is 6.43. The van der Waals surface area contributed by atoms with Crippen LogP contribution in [-0.4, -0.2) is 58.5 Å². The van der Waals surface area contributed by atoms with Crippen molar-refractivity contribution < 1.29 is 23.5 Å². The number of amides is 2. The molecule has 3 heterocycles. The number of methoxy groups -OCH3 is 1. The monoisotopic (exact) mass is 611 g/mol. The van der Waals surface area contributed by atoms with Gasteiger partial charge in [-0.05, 0) is 35.7 Å². The Hall–Kier alpha value is -3.96. The van der Waals surface area contributed by atoms with Crippen molar-refractivity contribution in [1.29, 1.82) is 0 Å². The van der Waals surface area contributed by atoms with Crippen molar-refractivity contribution in [2.75, 3.05) is 19.0 Å². The van der Waals surface area contributed by atoms with Crippen LogP contribution in [0.4, 0.5) is 9.52 Å². The molecule has 4 aromatic rings. The van der Waals surface area contributed by atoms with Crippen LogP contribution in [0, 0.1) is 11.2 Å². The summed E-state index contributed by atoms with van der Waals surface area (Å²) in [7, 11) is 1.55. The normalized spacial score (nSPS) is 17.7. The summed E-state index contributed by atoms with van der Waals surface area (Å²) in [6.07, 6.45) is 1.21. The summed E-state index contributed by atoms with van der Waals surface area (Å²) in [6, 6.07) is 9.84. The molecular weight excluding hydrogens is 581 g/mol. The molecule has 0 saturated carbocycles. The zero-order valence-corrected chi connectivity index (χ0v) is 25.1. The summed E-state index contributed by atoms with van der Waals surface area (Å²) in [6.45, 7) is 5.89. The number of nitrogens with zero attached hydrogens (tertiary/aromatic N) is 3. The van der Waals surface area contributed by atoms with Crippen molar-refractivity contribution >= 4 is 50.7 Å². The number of carbonyl (C=O) groups is 2. The molecule has 3 atom stereocenters. The van der Waals surface area contributed by atoms with Gasteiger partial charge in [0.05, 0.1) is 25.5 Å². The zero-order valence-electron chi connectivity index (χ0n) is 23.6. The van der Waals surface area contributed by atoms with Crippen LogP contribution in [0.25, 0.3) is 22.0 Å². The lowest BCUT2D eigenvalue weighted by molar-refractivity contribution is -0.139. The Balaban J connectivity index is 1.38. The fourth-order valence-electron chi connectivity index (χ4n) is 5.03. The number of pyridine rings is 1. The molecule has 1 fully saturated rings. The Morgan fingerprint density at radius 1 is 1.21 bits per heavy atom. The first kappa shape index (κ1) is 29.5. The minimum absolute atomic E-state index is 0.128. The van der Waals surface area contributed by atoms with Gasteiger partial charge in [-0.1, -0.05) is 44.5 Å². The van der Waals surface area contributed by atoms with Crippen molar-refractivity contribution in [2.24, 2.45) is 11.1 Å². The highest BCUT2D eigenvalue weighted by atomic mass is 35.5. The molecular formula is C30H31ClFN5O4S. The smallest absolute Gasteiger partial charge is 0.246 e. The van der Waals surface area contributed by atoms with E-state index in [4.69, 9.17) is 26.8 Å². The molecule has 9 nitrogen and oxygen atoms in total. The van der Waals surface area contributed by atoms with E-state index < -0.39 is 29.5 Å². The van der Waals surface area contributed by atoms with Gasteiger partial charge in [0.2, 0.25) is 17.7 Å². The predicted octanol–water partition coefficient (Wildman–Crippen LogP) is 5.52. The first-order valence-electron chi connectivity index (χ1n) is 13.3. The average molecular weight is 612 g/mol. The quantitative estimate of drug-likeness (QED) is 0.269. The standard InChI is InChI=1S/C30H31ClFN5O4S/c1-30(2,3)25(36-29-35-22(15-42-29)16-6-5-7-18(32)10-16)28(39)37-14-19(12-23(37)26(33)38)41-27-21-11-17(31)8-9-20(21)24(40-4)13-34-27/h5-11,13,15,19,23,25H,12,14H2,1-4H3,(H2,33,38)(H,35,36)/t19-,23+,25-/m1/s1. The lowest BCUT2D eigenvalue weighted by Crippen LogP contribution is -2.53. The highest BCUT2D eigenvalue weighted by Gasteiger charge is 2.45. The van der Waals surface area contributed by atoms with Crippen LogP contribution in [-0.2, 0) is 9.59 Å². The first-order valence-corrected chi connectivity index (χ1v) is 14.6. The largest absolute Gasteiger partial charge is 0.494 e. The van der Waals surface area contributed by atoms with Crippen molar-refractivity contribution in [2.45, 2.75) is 45.4 Å². The number of ether oxygens (including phenoxy) is 2. The van der Waals surface area contributed by atoms with E-state index in [0.29, 0.717) is 38.4 Å². The van der Waals surface area contributed by atoms with E-state index in [0.717, 1.165) is 5.39 Å². The van der Waals surface area contributed by atoms with E-state index in [9.17, 15) is 14.0 Å². The molecule has 220 valence electrons. The van der Waals surface area contributed by atoms with Crippen molar-refractivity contribution in [3.05, 3.63) is 64.9 Å². The summed E-state index contributed by atoms with van der Waals surface area (Å²) < 4.78 is 25.4. The van der Waals surface area contributed by atoms with E-state index in [2.05, 4.69) is 15.3 Å². The summed E-state index contributed by atoms with van der Waals surface area (Å²) in [5, 5.41) is 7.47. The molecule has 5 rings (SSSR count). The number of halogens is 2. The number of aromatic nitrogens is 2. The van der Waals surface area contributed by atoms with E-state index in [-0.39, 0.29) is 24.7 Å². The highest BCUT2D eigenvalue weighted by molar-refractivity contribution is 7.14.